The fourth-order valence-corrected chi connectivity index (χ4v) is 3.75. The van der Waals surface area contributed by atoms with E-state index in [0.717, 1.165) is 6.92 Å². The molecule has 7 nitrogen and oxygen atoms in total. The first kappa shape index (κ1) is 27.4. The Balaban J connectivity index is 1.57. The number of hydrogen-bond acceptors (Lipinski definition) is 7. The number of rotatable bonds is 7. The van der Waals surface area contributed by atoms with Gasteiger partial charge in [0.05, 0.1) is 19.8 Å². The molecule has 0 fully saturated rings. The number of hydrogen-bond donors (Lipinski definition) is 0. The van der Waals surface area contributed by atoms with Crippen molar-refractivity contribution < 1.29 is 55.2 Å². The quantitative estimate of drug-likeness (QED) is 0.0933. The second-order valence-corrected chi connectivity index (χ2v) is 8.17. The molecule has 0 saturated heterocycles. The summed E-state index contributed by atoms with van der Waals surface area (Å²) < 4.78 is 94.3. The number of fused-ring (bicyclic) bond motifs is 1. The lowest BCUT2D eigenvalue weighted by atomic mass is 10.1. The van der Waals surface area contributed by atoms with E-state index in [1.54, 1.807) is 18.2 Å². The largest absolute Gasteiger partial charge is 0.493 e. The van der Waals surface area contributed by atoms with Crippen LogP contribution >= 0.6 is 0 Å². The van der Waals surface area contributed by atoms with E-state index in [1.165, 1.54) is 39.4 Å². The van der Waals surface area contributed by atoms with Crippen LogP contribution < -0.4 is 23.7 Å². The molecule has 39 heavy (non-hydrogen) atoms. The molecule has 0 radical (unpaired) electrons. The predicted molar refractivity (Wildman–Crippen MR) is 126 cm³/mol. The zero-order valence-electron chi connectivity index (χ0n) is 20.8. The highest BCUT2D eigenvalue weighted by atomic mass is 19.2. The van der Waals surface area contributed by atoms with Crippen LogP contribution in [0.25, 0.3) is 6.08 Å². The number of carbonyl (C=O) groups excluding carboxylic acids is 2. The number of allylic oxidation sites excluding steroid dienone is 1. The third-order valence-electron chi connectivity index (χ3n) is 5.76. The van der Waals surface area contributed by atoms with Gasteiger partial charge in [-0.1, -0.05) is 12.1 Å². The van der Waals surface area contributed by atoms with E-state index in [1.807, 2.05) is 0 Å². The van der Waals surface area contributed by atoms with Crippen molar-refractivity contribution >= 4 is 17.8 Å². The Kier molecular flexibility index (Phi) is 7.48. The average Bonchev–Trinajstić information content (AvgIpc) is 3.25. The molecule has 0 aliphatic carbocycles. The molecule has 3 aromatic rings. The van der Waals surface area contributed by atoms with Crippen LogP contribution in [0.2, 0.25) is 0 Å². The van der Waals surface area contributed by atoms with Crippen molar-refractivity contribution in [1.29, 1.82) is 0 Å². The zero-order valence-corrected chi connectivity index (χ0v) is 20.8. The molecule has 0 spiro atoms. The number of esters is 1. The summed E-state index contributed by atoms with van der Waals surface area (Å²) in [6.07, 6.45) is -0.334. The van der Waals surface area contributed by atoms with Gasteiger partial charge in [0.25, 0.3) is 0 Å². The molecule has 0 saturated carbocycles. The predicted octanol–water partition coefficient (Wildman–Crippen LogP) is 5.70. The van der Waals surface area contributed by atoms with Gasteiger partial charge in [-0.05, 0) is 38.1 Å². The van der Waals surface area contributed by atoms with Crippen molar-refractivity contribution in [3.05, 3.63) is 81.9 Å². The van der Waals surface area contributed by atoms with Gasteiger partial charge in [0.15, 0.2) is 29.1 Å². The Labute approximate surface area is 218 Å². The highest BCUT2D eigenvalue weighted by Gasteiger charge is 2.33. The van der Waals surface area contributed by atoms with Gasteiger partial charge in [0, 0.05) is 11.1 Å². The summed E-state index contributed by atoms with van der Waals surface area (Å²) in [7, 11) is 2.90. The summed E-state index contributed by atoms with van der Waals surface area (Å²) in [6, 6.07) is 7.67. The van der Waals surface area contributed by atoms with Crippen LogP contribution in [0.1, 0.15) is 28.4 Å². The molecule has 1 unspecified atom stereocenters. The van der Waals surface area contributed by atoms with Gasteiger partial charge in [-0.25, -0.2) is 18.0 Å². The van der Waals surface area contributed by atoms with Crippen LogP contribution in [-0.4, -0.2) is 32.1 Å². The van der Waals surface area contributed by atoms with E-state index in [-0.39, 0.29) is 28.4 Å². The van der Waals surface area contributed by atoms with Crippen LogP contribution in [0.5, 0.6) is 28.7 Å². The third-order valence-corrected chi connectivity index (χ3v) is 5.76. The van der Waals surface area contributed by atoms with Gasteiger partial charge in [0.1, 0.15) is 11.5 Å². The number of ether oxygens (including phenoxy) is 5. The van der Waals surface area contributed by atoms with Crippen LogP contribution in [0.3, 0.4) is 0 Å². The monoisotopic (exact) mass is 550 g/mol. The van der Waals surface area contributed by atoms with Crippen molar-refractivity contribution in [2.75, 3.05) is 14.2 Å². The molecule has 1 atom stereocenters. The van der Waals surface area contributed by atoms with Crippen LogP contribution in [0.4, 0.5) is 22.0 Å². The fraction of sp³-hybridized carbons (Fsp3) is 0.185. The Morgan fingerprint density at radius 3 is 2.13 bits per heavy atom. The molecule has 0 bridgehead atoms. The molecule has 12 heteroatoms. The molecular weight excluding hydrogens is 531 g/mol. The maximum absolute atomic E-state index is 13.9. The first-order chi connectivity index (χ1) is 18.5. The molecule has 1 aliphatic heterocycles. The number of halogens is 5. The molecule has 0 N–H and O–H groups in total. The van der Waals surface area contributed by atoms with E-state index in [4.69, 9.17) is 23.7 Å². The maximum atomic E-state index is 13.9. The molecule has 0 aromatic heterocycles. The number of para-hydroxylation sites is 1. The second kappa shape index (κ2) is 10.6. The van der Waals surface area contributed by atoms with E-state index in [0.29, 0.717) is 17.1 Å². The number of Topliss-reactive ketones (excluding diaryl/α,β-unsaturated/α-hetero) is 1. The van der Waals surface area contributed by atoms with Crippen LogP contribution in [-0.2, 0) is 4.79 Å². The van der Waals surface area contributed by atoms with Crippen molar-refractivity contribution in [1.82, 2.24) is 0 Å². The lowest BCUT2D eigenvalue weighted by Crippen LogP contribution is -2.29. The Bertz CT molecular complexity index is 1500. The number of carbonyl (C=O) groups is 2. The van der Waals surface area contributed by atoms with Gasteiger partial charge < -0.3 is 23.7 Å². The minimum absolute atomic E-state index is 0.0499. The minimum atomic E-state index is -2.37. The van der Waals surface area contributed by atoms with Crippen molar-refractivity contribution in [3.8, 4) is 28.7 Å². The van der Waals surface area contributed by atoms with Crippen molar-refractivity contribution in [3.63, 3.8) is 0 Å². The summed E-state index contributed by atoms with van der Waals surface area (Å²) >= 11 is 0. The van der Waals surface area contributed by atoms with E-state index in [2.05, 4.69) is 0 Å². The van der Waals surface area contributed by atoms with E-state index in [9.17, 15) is 31.5 Å². The lowest BCUT2D eigenvalue weighted by Gasteiger charge is -2.16. The first-order valence-electron chi connectivity index (χ1n) is 11.2. The molecule has 1 heterocycles. The van der Waals surface area contributed by atoms with Gasteiger partial charge >= 0.3 is 5.97 Å². The smallest absolute Gasteiger partial charge is 0.352 e. The zero-order chi connectivity index (χ0) is 28.6. The van der Waals surface area contributed by atoms with E-state index < -0.39 is 52.7 Å². The summed E-state index contributed by atoms with van der Waals surface area (Å²) in [6.45, 7) is 2.48. The Morgan fingerprint density at radius 1 is 0.872 bits per heavy atom. The van der Waals surface area contributed by atoms with Gasteiger partial charge in [-0.15, -0.1) is 0 Å². The van der Waals surface area contributed by atoms with Crippen molar-refractivity contribution in [2.45, 2.75) is 20.0 Å². The molecule has 0 amide bonds. The van der Waals surface area contributed by atoms with Crippen molar-refractivity contribution in [2.24, 2.45) is 0 Å². The van der Waals surface area contributed by atoms with E-state index >= 15 is 0 Å². The Hall–Kier alpha value is -4.61. The SMILES string of the molecule is COc1cccc(/C=C2\Oc3c(ccc(OC(=O)C(C)Oc4c(F)c(F)c(F)c(F)c4F)c3C)C2=O)c1OC. The number of methoxy groups -OCH3 is 2. The molecular formula is C27H19F5O7. The van der Waals surface area contributed by atoms with Crippen LogP contribution in [0, 0.1) is 36.0 Å². The fourth-order valence-electron chi connectivity index (χ4n) is 3.75. The third kappa shape index (κ3) is 4.85. The van der Waals surface area contributed by atoms with Crippen LogP contribution in [0.15, 0.2) is 36.1 Å². The Morgan fingerprint density at radius 2 is 1.51 bits per heavy atom. The average molecular weight is 550 g/mol. The highest BCUT2D eigenvalue weighted by molar-refractivity contribution is 6.15. The lowest BCUT2D eigenvalue weighted by molar-refractivity contribution is -0.141. The topological polar surface area (TPSA) is 80.3 Å². The molecule has 4 rings (SSSR count). The number of ketones is 1. The van der Waals surface area contributed by atoms with Gasteiger partial charge in [-0.2, -0.15) is 8.78 Å². The first-order valence-corrected chi connectivity index (χ1v) is 11.2. The molecule has 204 valence electrons. The standard InChI is InChI=1S/C27H19F5O7/c1-11-15(39-27(34)12(2)37-26-21(31)19(29)18(28)20(30)22(26)32)9-8-14-23(33)17(38-24(11)14)10-13-6-5-7-16(35-3)25(13)36-4/h5-10,12H,1-4H3/b17-10-. The summed E-state index contributed by atoms with van der Waals surface area (Å²) in [4.78, 5) is 25.5. The second-order valence-electron chi connectivity index (χ2n) is 8.17. The normalized spacial score (nSPS) is 14.1. The van der Waals surface area contributed by atoms with Gasteiger partial charge in [0.2, 0.25) is 34.9 Å². The summed E-state index contributed by atoms with van der Waals surface area (Å²) in [5.41, 5.74) is 0.890. The number of benzene rings is 3. The maximum Gasteiger partial charge on any atom is 0.352 e. The summed E-state index contributed by atoms with van der Waals surface area (Å²) in [5.74, 6) is -13.9. The van der Waals surface area contributed by atoms with Gasteiger partial charge in [-0.3, -0.25) is 4.79 Å². The molecule has 1 aliphatic rings. The summed E-state index contributed by atoms with van der Waals surface area (Å²) in [5, 5.41) is 0. The minimum Gasteiger partial charge on any atom is -0.493 e. The molecule has 3 aromatic carbocycles. The highest BCUT2D eigenvalue weighted by Crippen LogP contribution is 2.41.